The lowest BCUT2D eigenvalue weighted by atomic mass is 10.1. The fraction of sp³-hybridized carbons (Fsp3) is 0.417. The van der Waals surface area contributed by atoms with Crippen LogP contribution in [0.5, 0.6) is 0 Å². The first-order valence-electron chi connectivity index (χ1n) is 10.4. The maximum atomic E-state index is 11.1. The number of carboxylic acid groups (broad SMARTS) is 1. The summed E-state index contributed by atoms with van der Waals surface area (Å²) in [5, 5.41) is 11.0. The van der Waals surface area contributed by atoms with Gasteiger partial charge in [0.2, 0.25) is 0 Å². The van der Waals surface area contributed by atoms with Crippen molar-refractivity contribution >= 4 is 27.8 Å². The molecule has 0 bridgehead atoms. The molecule has 1 heterocycles. The van der Waals surface area contributed by atoms with Crippen molar-refractivity contribution in [3.8, 4) is 0 Å². The monoisotopic (exact) mass is 380 g/mol. The van der Waals surface area contributed by atoms with Gasteiger partial charge < -0.3 is 10.8 Å². The third-order valence-corrected chi connectivity index (χ3v) is 4.84. The molecule has 0 fully saturated rings. The van der Waals surface area contributed by atoms with Crippen LogP contribution >= 0.6 is 0 Å². The van der Waals surface area contributed by atoms with E-state index >= 15 is 0 Å². The van der Waals surface area contributed by atoms with Gasteiger partial charge in [-0.3, -0.25) is 0 Å². The number of aromatic carboxylic acids is 1. The van der Waals surface area contributed by atoms with Crippen LogP contribution in [0.1, 0.15) is 68.6 Å². The predicted molar refractivity (Wildman–Crippen MR) is 118 cm³/mol. The molecule has 0 amide bonds. The van der Waals surface area contributed by atoms with E-state index in [1.54, 1.807) is 12.1 Å². The number of unbranched alkanes of at least 4 members (excludes halogenated alkanes) is 7. The van der Waals surface area contributed by atoms with Crippen molar-refractivity contribution in [3.63, 3.8) is 0 Å². The number of aromatic nitrogens is 1. The van der Waals surface area contributed by atoms with Crippen molar-refractivity contribution in [1.29, 1.82) is 0 Å². The minimum Gasteiger partial charge on any atom is -0.478 e. The lowest BCUT2D eigenvalue weighted by Gasteiger charge is -2.03. The van der Waals surface area contributed by atoms with Crippen LogP contribution in [0.4, 0.5) is 0 Å². The number of pyridine rings is 1. The maximum absolute atomic E-state index is 11.1. The van der Waals surface area contributed by atoms with Gasteiger partial charge in [0.25, 0.3) is 0 Å². The number of hydrogen-bond donors (Lipinski definition) is 2. The smallest absolute Gasteiger partial charge is 0.337 e. The van der Waals surface area contributed by atoms with Crippen LogP contribution in [0.15, 0.2) is 48.5 Å². The number of carbonyl (C=O) groups is 1. The molecule has 0 unspecified atom stereocenters. The summed E-state index contributed by atoms with van der Waals surface area (Å²) in [5.74, 6) is -0.946. The summed E-state index contributed by atoms with van der Waals surface area (Å²) in [6.45, 7) is 3.13. The number of fused-ring (bicyclic) bond motifs is 2. The topological polar surface area (TPSA) is 76.2 Å². The van der Waals surface area contributed by atoms with E-state index in [0.717, 1.165) is 22.8 Å². The Balaban J connectivity index is 0.000000224. The quantitative estimate of drug-likeness (QED) is 0.344. The molecule has 150 valence electrons. The molecule has 2 aromatic carbocycles. The van der Waals surface area contributed by atoms with E-state index in [-0.39, 0.29) is 5.56 Å². The molecule has 4 nitrogen and oxygen atoms in total. The maximum Gasteiger partial charge on any atom is 0.337 e. The van der Waals surface area contributed by atoms with Gasteiger partial charge in [-0.1, -0.05) is 82.2 Å². The zero-order chi connectivity index (χ0) is 20.2. The van der Waals surface area contributed by atoms with E-state index in [1.807, 2.05) is 36.4 Å². The van der Waals surface area contributed by atoms with Gasteiger partial charge in [0.05, 0.1) is 16.6 Å². The highest BCUT2D eigenvalue weighted by atomic mass is 16.4. The Hall–Kier alpha value is -2.46. The summed E-state index contributed by atoms with van der Waals surface area (Å²) in [5.41, 5.74) is 6.99. The number of benzene rings is 2. The largest absolute Gasteiger partial charge is 0.478 e. The van der Waals surface area contributed by atoms with Gasteiger partial charge in [0.1, 0.15) is 0 Å². The van der Waals surface area contributed by atoms with E-state index < -0.39 is 5.97 Å². The average Bonchev–Trinajstić information content (AvgIpc) is 2.71. The molecular weight excluding hydrogens is 348 g/mol. The molecule has 0 aliphatic carbocycles. The molecular formula is C24H32N2O2. The van der Waals surface area contributed by atoms with Crippen molar-refractivity contribution in [2.75, 3.05) is 6.54 Å². The first-order valence-corrected chi connectivity index (χ1v) is 10.4. The lowest BCUT2D eigenvalue weighted by molar-refractivity contribution is 0.0699. The molecule has 1 aromatic heterocycles. The van der Waals surface area contributed by atoms with Gasteiger partial charge in [-0.2, -0.15) is 0 Å². The average molecular weight is 381 g/mol. The fourth-order valence-electron chi connectivity index (χ4n) is 3.25. The minimum atomic E-state index is -0.946. The molecule has 0 aliphatic rings. The van der Waals surface area contributed by atoms with E-state index in [1.165, 1.54) is 51.4 Å². The van der Waals surface area contributed by atoms with Crippen molar-refractivity contribution in [3.05, 3.63) is 54.1 Å². The van der Waals surface area contributed by atoms with Crippen LogP contribution in [0.2, 0.25) is 0 Å². The zero-order valence-electron chi connectivity index (χ0n) is 16.9. The second-order valence-electron chi connectivity index (χ2n) is 7.13. The summed E-state index contributed by atoms with van der Waals surface area (Å²) >= 11 is 0. The Kier molecular flexibility index (Phi) is 9.43. The van der Waals surface area contributed by atoms with Gasteiger partial charge in [0.15, 0.2) is 0 Å². The van der Waals surface area contributed by atoms with Crippen molar-refractivity contribution in [2.45, 2.75) is 58.3 Å². The van der Waals surface area contributed by atoms with Crippen LogP contribution < -0.4 is 5.73 Å². The molecule has 0 saturated heterocycles. The Morgan fingerprint density at radius 2 is 1.54 bits per heavy atom. The molecule has 0 radical (unpaired) electrons. The van der Waals surface area contributed by atoms with Crippen LogP contribution in [-0.4, -0.2) is 22.6 Å². The Bertz CT molecular complexity index is 869. The van der Waals surface area contributed by atoms with Gasteiger partial charge >= 0.3 is 5.97 Å². The summed E-state index contributed by atoms with van der Waals surface area (Å²) < 4.78 is 0. The minimum absolute atomic E-state index is 0.244. The number of para-hydroxylation sites is 2. The van der Waals surface area contributed by atoms with Crippen LogP contribution in [0.3, 0.4) is 0 Å². The van der Waals surface area contributed by atoms with E-state index in [0.29, 0.717) is 5.52 Å². The van der Waals surface area contributed by atoms with Gasteiger partial charge in [-0.25, -0.2) is 9.78 Å². The highest BCUT2D eigenvalue weighted by Gasteiger charge is 2.09. The van der Waals surface area contributed by atoms with Gasteiger partial charge in [0, 0.05) is 10.8 Å². The molecule has 3 N–H and O–H groups in total. The van der Waals surface area contributed by atoms with E-state index in [4.69, 9.17) is 10.8 Å². The SMILES string of the molecule is CCCCCCCCCCN.O=C(O)c1cccc2cc3ccccc3nc12. The third kappa shape index (κ3) is 6.61. The Morgan fingerprint density at radius 1 is 0.893 bits per heavy atom. The lowest BCUT2D eigenvalue weighted by Crippen LogP contribution is -1.98. The fourth-order valence-corrected chi connectivity index (χ4v) is 3.25. The molecule has 3 aromatic rings. The zero-order valence-corrected chi connectivity index (χ0v) is 16.9. The van der Waals surface area contributed by atoms with Gasteiger partial charge in [-0.15, -0.1) is 0 Å². The van der Waals surface area contributed by atoms with Crippen molar-refractivity contribution < 1.29 is 9.90 Å². The number of rotatable bonds is 9. The highest BCUT2D eigenvalue weighted by Crippen LogP contribution is 2.22. The molecule has 28 heavy (non-hydrogen) atoms. The molecule has 0 aliphatic heterocycles. The predicted octanol–water partition coefficient (Wildman–Crippen LogP) is 6.17. The molecule has 3 rings (SSSR count). The summed E-state index contributed by atoms with van der Waals surface area (Å²) in [6, 6.07) is 14.8. The summed E-state index contributed by atoms with van der Waals surface area (Å²) in [7, 11) is 0. The number of carboxylic acids is 1. The normalized spacial score (nSPS) is 10.6. The number of nitrogens with two attached hydrogens (primary N) is 1. The van der Waals surface area contributed by atoms with Crippen LogP contribution in [-0.2, 0) is 0 Å². The third-order valence-electron chi connectivity index (χ3n) is 4.84. The second-order valence-corrected chi connectivity index (χ2v) is 7.13. The van der Waals surface area contributed by atoms with E-state index in [2.05, 4.69) is 11.9 Å². The summed E-state index contributed by atoms with van der Waals surface area (Å²) in [6.07, 6.45) is 11.0. The number of hydrogen-bond acceptors (Lipinski definition) is 3. The Morgan fingerprint density at radius 3 is 2.21 bits per heavy atom. The van der Waals surface area contributed by atoms with Gasteiger partial charge in [-0.05, 0) is 31.2 Å². The molecule has 4 heteroatoms. The highest BCUT2D eigenvalue weighted by molar-refractivity contribution is 6.04. The first kappa shape index (κ1) is 21.8. The Labute approximate surface area is 167 Å². The standard InChI is InChI=1S/C14H9NO2.C10H23N/c16-14(17)11-6-3-5-10-8-9-4-1-2-7-12(9)15-13(10)11;1-2-3-4-5-6-7-8-9-10-11/h1-8H,(H,16,17);2-11H2,1H3. The molecule has 0 atom stereocenters. The number of nitrogens with zero attached hydrogens (tertiary/aromatic N) is 1. The van der Waals surface area contributed by atoms with Crippen molar-refractivity contribution in [2.24, 2.45) is 5.73 Å². The van der Waals surface area contributed by atoms with Crippen LogP contribution in [0, 0.1) is 0 Å². The molecule has 0 spiro atoms. The van der Waals surface area contributed by atoms with Crippen molar-refractivity contribution in [1.82, 2.24) is 4.98 Å². The second kappa shape index (κ2) is 12.1. The first-order chi connectivity index (χ1) is 13.7. The van der Waals surface area contributed by atoms with Crippen LogP contribution in [0.25, 0.3) is 21.8 Å². The van der Waals surface area contributed by atoms with E-state index in [9.17, 15) is 4.79 Å². The summed E-state index contributed by atoms with van der Waals surface area (Å²) in [4.78, 5) is 15.5. The molecule has 0 saturated carbocycles.